The van der Waals surface area contributed by atoms with Crippen LogP contribution >= 0.6 is 11.3 Å². The van der Waals surface area contributed by atoms with Gasteiger partial charge >= 0.3 is 0 Å². The number of primary amides is 1. The van der Waals surface area contributed by atoms with Crippen molar-refractivity contribution in [3.8, 4) is 0 Å². The van der Waals surface area contributed by atoms with Gasteiger partial charge in [-0.3, -0.25) is 14.6 Å². The summed E-state index contributed by atoms with van der Waals surface area (Å²) in [5.41, 5.74) is 11.5. The number of carbonyl (C=O) groups excluding carboxylic acids is 2. The average molecular weight is 278 g/mol. The van der Waals surface area contributed by atoms with Gasteiger partial charge in [0.1, 0.15) is 4.88 Å². The van der Waals surface area contributed by atoms with Crippen molar-refractivity contribution >= 4 is 38.9 Å². The molecular formula is C12H14N4O2S. The lowest BCUT2D eigenvalue weighted by Gasteiger charge is -2.11. The van der Waals surface area contributed by atoms with E-state index >= 15 is 0 Å². The molecule has 100 valence electrons. The third-order valence-corrected chi connectivity index (χ3v) is 3.78. The zero-order valence-corrected chi connectivity index (χ0v) is 11.2. The summed E-state index contributed by atoms with van der Waals surface area (Å²) in [4.78, 5) is 27.3. The molecule has 0 radical (unpaired) electrons. The molecule has 0 aliphatic heterocycles. The Hall–Kier alpha value is -2.15. The highest BCUT2D eigenvalue weighted by molar-refractivity contribution is 7.21. The molecule has 5 N–H and O–H groups in total. The second-order valence-corrected chi connectivity index (χ2v) is 5.31. The molecule has 0 aliphatic carbocycles. The van der Waals surface area contributed by atoms with Gasteiger partial charge in [-0.15, -0.1) is 11.3 Å². The number of nitrogens with zero attached hydrogens (tertiary/aromatic N) is 1. The smallest absolute Gasteiger partial charge is 0.263 e. The van der Waals surface area contributed by atoms with Gasteiger partial charge in [-0.05, 0) is 13.0 Å². The van der Waals surface area contributed by atoms with Crippen molar-refractivity contribution in [1.82, 2.24) is 10.3 Å². The molecule has 1 unspecified atom stereocenters. The lowest BCUT2D eigenvalue weighted by molar-refractivity contribution is -0.118. The third-order valence-electron chi connectivity index (χ3n) is 2.62. The van der Waals surface area contributed by atoms with E-state index in [1.807, 2.05) is 0 Å². The van der Waals surface area contributed by atoms with Gasteiger partial charge < -0.3 is 16.8 Å². The molecule has 0 fully saturated rings. The summed E-state index contributed by atoms with van der Waals surface area (Å²) in [6, 6.07) is 1.44. The molecule has 2 aromatic heterocycles. The first-order valence-corrected chi connectivity index (χ1v) is 6.52. The molecule has 2 rings (SSSR count). The number of nitrogen functional groups attached to an aromatic ring is 1. The summed E-state index contributed by atoms with van der Waals surface area (Å²) in [5, 5.41) is 3.51. The maximum absolute atomic E-state index is 12.1. The molecule has 0 aromatic carbocycles. The van der Waals surface area contributed by atoms with Gasteiger partial charge in [0, 0.05) is 30.2 Å². The zero-order chi connectivity index (χ0) is 14.0. The van der Waals surface area contributed by atoms with Crippen LogP contribution < -0.4 is 16.8 Å². The number of fused-ring (bicyclic) bond motifs is 1. The van der Waals surface area contributed by atoms with Crippen LogP contribution in [-0.2, 0) is 4.79 Å². The zero-order valence-electron chi connectivity index (χ0n) is 10.3. The van der Waals surface area contributed by atoms with E-state index in [-0.39, 0.29) is 18.4 Å². The van der Waals surface area contributed by atoms with E-state index in [0.717, 1.165) is 10.1 Å². The van der Waals surface area contributed by atoms with Gasteiger partial charge in [-0.2, -0.15) is 0 Å². The van der Waals surface area contributed by atoms with Crippen molar-refractivity contribution in [1.29, 1.82) is 0 Å². The second-order valence-electron chi connectivity index (χ2n) is 4.26. The molecule has 0 aliphatic rings. The minimum absolute atomic E-state index is 0.0953. The Bertz CT molecular complexity index is 638. The molecule has 2 aromatic rings. The van der Waals surface area contributed by atoms with Gasteiger partial charge in [0.15, 0.2) is 0 Å². The minimum Gasteiger partial charge on any atom is -0.397 e. The standard InChI is InChI=1S/C12H14N4O2S/c1-6(4-9(13)17)16-12(18)11-10(14)7-2-3-15-5-8(7)19-11/h2-3,5-6H,4,14H2,1H3,(H2,13,17)(H,16,18). The highest BCUT2D eigenvalue weighted by Gasteiger charge is 2.18. The van der Waals surface area contributed by atoms with E-state index in [4.69, 9.17) is 11.5 Å². The summed E-state index contributed by atoms with van der Waals surface area (Å²) in [5.74, 6) is -0.756. The number of thiophene rings is 1. The van der Waals surface area contributed by atoms with Crippen LogP contribution in [-0.4, -0.2) is 22.8 Å². The van der Waals surface area contributed by atoms with E-state index in [1.165, 1.54) is 11.3 Å². The van der Waals surface area contributed by atoms with E-state index in [2.05, 4.69) is 10.3 Å². The first kappa shape index (κ1) is 13.3. The van der Waals surface area contributed by atoms with Crippen molar-refractivity contribution in [3.63, 3.8) is 0 Å². The van der Waals surface area contributed by atoms with Crippen molar-refractivity contribution in [2.45, 2.75) is 19.4 Å². The molecule has 2 heterocycles. The first-order valence-electron chi connectivity index (χ1n) is 5.70. The number of hydrogen-bond acceptors (Lipinski definition) is 5. The molecule has 7 heteroatoms. The van der Waals surface area contributed by atoms with Crippen LogP contribution in [0.25, 0.3) is 10.1 Å². The molecule has 1 atom stereocenters. The second kappa shape index (κ2) is 5.23. The molecular weight excluding hydrogens is 264 g/mol. The summed E-state index contributed by atoms with van der Waals surface area (Å²) in [6.45, 7) is 1.72. The summed E-state index contributed by atoms with van der Waals surface area (Å²) >= 11 is 1.28. The number of pyridine rings is 1. The Balaban J connectivity index is 2.22. The van der Waals surface area contributed by atoms with Gasteiger partial charge in [-0.1, -0.05) is 0 Å². The van der Waals surface area contributed by atoms with E-state index < -0.39 is 5.91 Å². The monoisotopic (exact) mass is 278 g/mol. The molecule has 6 nitrogen and oxygen atoms in total. The van der Waals surface area contributed by atoms with Gasteiger partial charge in [-0.25, -0.2) is 0 Å². The molecule has 0 spiro atoms. The van der Waals surface area contributed by atoms with Crippen LogP contribution in [0.3, 0.4) is 0 Å². The Labute approximate surface area is 113 Å². The van der Waals surface area contributed by atoms with Crippen molar-refractivity contribution < 1.29 is 9.59 Å². The normalized spacial score (nSPS) is 12.3. The van der Waals surface area contributed by atoms with E-state index in [9.17, 15) is 9.59 Å². The van der Waals surface area contributed by atoms with E-state index in [1.54, 1.807) is 25.4 Å². The maximum atomic E-state index is 12.1. The number of amides is 2. The average Bonchev–Trinajstić information content (AvgIpc) is 2.66. The number of hydrogen-bond donors (Lipinski definition) is 3. The SMILES string of the molecule is CC(CC(N)=O)NC(=O)c1sc2cnccc2c1N. The number of rotatable bonds is 4. The van der Waals surface area contributed by atoms with Gasteiger partial charge in [0.05, 0.1) is 10.4 Å². The summed E-state index contributed by atoms with van der Waals surface area (Å²) < 4.78 is 0.854. The fourth-order valence-electron chi connectivity index (χ4n) is 1.78. The molecule has 0 saturated carbocycles. The predicted molar refractivity (Wildman–Crippen MR) is 74.8 cm³/mol. The van der Waals surface area contributed by atoms with Gasteiger partial charge in [0.2, 0.25) is 5.91 Å². The molecule has 2 amide bonds. The third kappa shape index (κ3) is 2.82. The lowest BCUT2D eigenvalue weighted by atomic mass is 10.2. The quantitative estimate of drug-likeness (QED) is 0.770. The lowest BCUT2D eigenvalue weighted by Crippen LogP contribution is -2.35. The first-order chi connectivity index (χ1) is 8.99. The van der Waals surface area contributed by atoms with Crippen LogP contribution in [0.1, 0.15) is 23.0 Å². The van der Waals surface area contributed by atoms with Crippen LogP contribution in [0.5, 0.6) is 0 Å². The Morgan fingerprint density at radius 2 is 2.26 bits per heavy atom. The number of carbonyl (C=O) groups is 2. The van der Waals surface area contributed by atoms with Crippen molar-refractivity contribution in [2.75, 3.05) is 5.73 Å². The highest BCUT2D eigenvalue weighted by Crippen LogP contribution is 2.32. The predicted octanol–water partition coefficient (Wildman–Crippen LogP) is 0.872. The van der Waals surface area contributed by atoms with Crippen molar-refractivity contribution in [2.24, 2.45) is 5.73 Å². The fraction of sp³-hybridized carbons (Fsp3) is 0.250. The number of nitrogens with one attached hydrogen (secondary N) is 1. The molecule has 0 saturated heterocycles. The Morgan fingerprint density at radius 3 is 2.89 bits per heavy atom. The summed E-state index contributed by atoms with van der Waals surface area (Å²) in [6.07, 6.45) is 3.39. The summed E-state index contributed by atoms with van der Waals surface area (Å²) in [7, 11) is 0. The van der Waals surface area contributed by atoms with Crippen LogP contribution in [0, 0.1) is 0 Å². The van der Waals surface area contributed by atoms with Crippen LogP contribution in [0.4, 0.5) is 5.69 Å². The van der Waals surface area contributed by atoms with Crippen LogP contribution in [0.15, 0.2) is 18.5 Å². The molecule has 19 heavy (non-hydrogen) atoms. The molecule has 0 bridgehead atoms. The maximum Gasteiger partial charge on any atom is 0.263 e. The topological polar surface area (TPSA) is 111 Å². The Morgan fingerprint density at radius 1 is 1.53 bits per heavy atom. The van der Waals surface area contributed by atoms with Crippen LogP contribution in [0.2, 0.25) is 0 Å². The number of aromatic nitrogens is 1. The Kier molecular flexibility index (Phi) is 3.66. The largest absolute Gasteiger partial charge is 0.397 e. The fourth-order valence-corrected chi connectivity index (χ4v) is 2.77. The number of nitrogens with two attached hydrogens (primary N) is 2. The number of anilines is 1. The van der Waals surface area contributed by atoms with E-state index in [0.29, 0.717) is 10.6 Å². The highest BCUT2D eigenvalue weighted by atomic mass is 32.1. The van der Waals surface area contributed by atoms with Crippen molar-refractivity contribution in [3.05, 3.63) is 23.3 Å². The van der Waals surface area contributed by atoms with Gasteiger partial charge in [0.25, 0.3) is 5.91 Å². The minimum atomic E-state index is -0.457.